The molecule has 0 aromatic heterocycles. The van der Waals surface area contributed by atoms with Crippen LogP contribution in [0.1, 0.15) is 42.7 Å². The van der Waals surface area contributed by atoms with Crippen LogP contribution >= 0.6 is 0 Å². The first-order valence-corrected chi connectivity index (χ1v) is 7.51. The molecule has 2 heterocycles. The third-order valence-corrected chi connectivity index (χ3v) is 5.17. The van der Waals surface area contributed by atoms with Gasteiger partial charge >= 0.3 is 0 Å². The van der Waals surface area contributed by atoms with Crippen molar-refractivity contribution in [1.29, 1.82) is 0 Å². The number of hydrogen-bond donors (Lipinski definition) is 1. The Hall–Kier alpha value is -1.02. The van der Waals surface area contributed by atoms with Crippen LogP contribution in [0.4, 0.5) is 5.69 Å². The van der Waals surface area contributed by atoms with E-state index in [0.29, 0.717) is 0 Å². The van der Waals surface area contributed by atoms with Crippen molar-refractivity contribution in [2.24, 2.45) is 5.92 Å². The van der Waals surface area contributed by atoms with E-state index >= 15 is 0 Å². The molecule has 2 aliphatic heterocycles. The summed E-state index contributed by atoms with van der Waals surface area (Å²) in [5, 5.41) is 3.55. The summed E-state index contributed by atoms with van der Waals surface area (Å²) in [6.45, 7) is 4.63. The molecule has 96 valence electrons. The van der Waals surface area contributed by atoms with Crippen molar-refractivity contribution in [3.8, 4) is 0 Å². The molecule has 1 aliphatic carbocycles. The SMILES string of the molecule is c1cc2c3c(c1)[C@H](C1CCC1)CCN3CCNC2. The molecule has 0 saturated heterocycles. The van der Waals surface area contributed by atoms with Crippen LogP contribution in [0, 0.1) is 5.92 Å². The highest BCUT2D eigenvalue weighted by molar-refractivity contribution is 5.63. The highest BCUT2D eigenvalue weighted by Gasteiger charge is 2.35. The fourth-order valence-corrected chi connectivity index (χ4v) is 3.99. The monoisotopic (exact) mass is 242 g/mol. The van der Waals surface area contributed by atoms with Gasteiger partial charge in [-0.15, -0.1) is 0 Å². The number of hydrogen-bond acceptors (Lipinski definition) is 2. The van der Waals surface area contributed by atoms with Crippen molar-refractivity contribution in [2.75, 3.05) is 24.5 Å². The van der Waals surface area contributed by atoms with Crippen molar-refractivity contribution >= 4 is 5.69 Å². The lowest BCUT2D eigenvalue weighted by Crippen LogP contribution is -2.37. The Bertz CT molecular complexity index is 450. The molecule has 1 fully saturated rings. The molecule has 1 N–H and O–H groups in total. The second-order valence-corrected chi connectivity index (χ2v) is 6.10. The summed E-state index contributed by atoms with van der Waals surface area (Å²) in [5.41, 5.74) is 4.77. The van der Waals surface area contributed by atoms with E-state index in [0.717, 1.165) is 24.9 Å². The predicted molar refractivity (Wildman–Crippen MR) is 75.1 cm³/mol. The minimum atomic E-state index is 0.850. The summed E-state index contributed by atoms with van der Waals surface area (Å²) < 4.78 is 0. The summed E-state index contributed by atoms with van der Waals surface area (Å²) in [5.74, 6) is 1.83. The van der Waals surface area contributed by atoms with Crippen LogP contribution in [0.2, 0.25) is 0 Å². The average molecular weight is 242 g/mol. The van der Waals surface area contributed by atoms with Crippen LogP contribution in [0.25, 0.3) is 0 Å². The minimum Gasteiger partial charge on any atom is -0.370 e. The molecule has 0 bridgehead atoms. The molecular formula is C16H22N2. The Morgan fingerprint density at radius 2 is 2.06 bits per heavy atom. The summed E-state index contributed by atoms with van der Waals surface area (Å²) in [4.78, 5) is 2.62. The zero-order valence-corrected chi connectivity index (χ0v) is 11.0. The predicted octanol–water partition coefficient (Wildman–Crippen LogP) is 2.88. The van der Waals surface area contributed by atoms with Crippen LogP contribution < -0.4 is 10.2 Å². The fraction of sp³-hybridized carbons (Fsp3) is 0.625. The van der Waals surface area contributed by atoms with Gasteiger partial charge in [0.15, 0.2) is 0 Å². The Kier molecular flexibility index (Phi) is 2.58. The van der Waals surface area contributed by atoms with Gasteiger partial charge < -0.3 is 10.2 Å². The summed E-state index contributed by atoms with van der Waals surface area (Å²) >= 11 is 0. The van der Waals surface area contributed by atoms with Crippen LogP contribution in [-0.2, 0) is 6.54 Å². The van der Waals surface area contributed by atoms with E-state index in [4.69, 9.17) is 0 Å². The number of rotatable bonds is 1. The summed E-state index contributed by atoms with van der Waals surface area (Å²) in [6, 6.07) is 6.99. The molecule has 4 rings (SSSR count). The van der Waals surface area contributed by atoms with Gasteiger partial charge in [-0.1, -0.05) is 24.6 Å². The maximum Gasteiger partial charge on any atom is 0.0447 e. The topological polar surface area (TPSA) is 15.3 Å². The van der Waals surface area contributed by atoms with E-state index < -0.39 is 0 Å². The van der Waals surface area contributed by atoms with E-state index in [9.17, 15) is 0 Å². The maximum atomic E-state index is 3.55. The fourth-order valence-electron chi connectivity index (χ4n) is 3.99. The van der Waals surface area contributed by atoms with Crippen molar-refractivity contribution in [3.63, 3.8) is 0 Å². The highest BCUT2D eigenvalue weighted by atomic mass is 15.2. The van der Waals surface area contributed by atoms with Gasteiger partial charge in [0.25, 0.3) is 0 Å². The third kappa shape index (κ3) is 1.58. The highest BCUT2D eigenvalue weighted by Crippen LogP contribution is 2.47. The average Bonchev–Trinajstić information content (AvgIpc) is 2.54. The molecule has 1 aromatic carbocycles. The lowest BCUT2D eigenvalue weighted by Gasteiger charge is -2.42. The molecule has 0 unspecified atom stereocenters. The second-order valence-electron chi connectivity index (χ2n) is 6.10. The van der Waals surface area contributed by atoms with E-state index in [1.807, 2.05) is 0 Å². The van der Waals surface area contributed by atoms with Gasteiger partial charge in [-0.2, -0.15) is 0 Å². The van der Waals surface area contributed by atoms with Crippen LogP contribution in [0.5, 0.6) is 0 Å². The number of nitrogens with one attached hydrogen (secondary N) is 1. The molecule has 1 saturated carbocycles. The summed E-state index contributed by atoms with van der Waals surface area (Å²) in [7, 11) is 0. The largest absolute Gasteiger partial charge is 0.370 e. The normalized spacial score (nSPS) is 27.3. The lowest BCUT2D eigenvalue weighted by atomic mass is 9.70. The van der Waals surface area contributed by atoms with Crippen LogP contribution in [0.3, 0.4) is 0 Å². The lowest BCUT2D eigenvalue weighted by molar-refractivity contribution is 0.248. The van der Waals surface area contributed by atoms with Gasteiger partial charge in [0.1, 0.15) is 0 Å². The van der Waals surface area contributed by atoms with Gasteiger partial charge in [0, 0.05) is 31.9 Å². The Balaban J connectivity index is 1.78. The zero-order valence-electron chi connectivity index (χ0n) is 11.0. The molecule has 1 atom stereocenters. The van der Waals surface area contributed by atoms with Gasteiger partial charge in [0.2, 0.25) is 0 Å². The van der Waals surface area contributed by atoms with Crippen LogP contribution in [-0.4, -0.2) is 19.6 Å². The number of anilines is 1. The molecule has 0 radical (unpaired) electrons. The molecule has 0 spiro atoms. The second kappa shape index (κ2) is 4.27. The maximum absolute atomic E-state index is 3.55. The van der Waals surface area contributed by atoms with Gasteiger partial charge in [-0.3, -0.25) is 0 Å². The first-order chi connectivity index (χ1) is 8.93. The quantitative estimate of drug-likeness (QED) is 0.814. The van der Waals surface area contributed by atoms with E-state index in [1.165, 1.54) is 44.3 Å². The number of benzene rings is 1. The number of para-hydroxylation sites is 1. The van der Waals surface area contributed by atoms with Crippen molar-refractivity contribution in [2.45, 2.75) is 38.1 Å². The van der Waals surface area contributed by atoms with E-state index in [-0.39, 0.29) is 0 Å². The van der Waals surface area contributed by atoms with Gasteiger partial charge in [-0.05, 0) is 42.2 Å². The van der Waals surface area contributed by atoms with Crippen LogP contribution in [0.15, 0.2) is 18.2 Å². The Morgan fingerprint density at radius 3 is 2.89 bits per heavy atom. The molecule has 1 aromatic rings. The minimum absolute atomic E-state index is 0.850. The zero-order chi connectivity index (χ0) is 11.9. The van der Waals surface area contributed by atoms with Gasteiger partial charge in [-0.25, -0.2) is 0 Å². The Labute approximate surface area is 109 Å². The molecule has 18 heavy (non-hydrogen) atoms. The molecule has 2 nitrogen and oxygen atoms in total. The van der Waals surface area contributed by atoms with Crippen molar-refractivity contribution in [3.05, 3.63) is 29.3 Å². The third-order valence-electron chi connectivity index (χ3n) is 5.17. The standard InChI is InChI=1S/C16H22N2/c1-3-12(4-1)14-7-9-18-10-8-17-11-13-5-2-6-15(14)16(13)18/h2,5-6,12,14,17H,1,3-4,7-11H2/t14-/m0/s1. The van der Waals surface area contributed by atoms with E-state index in [1.54, 1.807) is 11.3 Å². The molecule has 2 heteroatoms. The van der Waals surface area contributed by atoms with E-state index in [2.05, 4.69) is 28.4 Å². The first kappa shape index (κ1) is 10.9. The molecule has 3 aliphatic rings. The molecular weight excluding hydrogens is 220 g/mol. The van der Waals surface area contributed by atoms with Crippen molar-refractivity contribution < 1.29 is 0 Å². The molecule has 0 amide bonds. The smallest absolute Gasteiger partial charge is 0.0447 e. The first-order valence-electron chi connectivity index (χ1n) is 7.51. The summed E-state index contributed by atoms with van der Waals surface area (Å²) in [6.07, 6.45) is 5.77. The Morgan fingerprint density at radius 1 is 1.11 bits per heavy atom. The number of nitrogens with zero attached hydrogens (tertiary/aromatic N) is 1. The van der Waals surface area contributed by atoms with Crippen molar-refractivity contribution in [1.82, 2.24) is 5.32 Å². The van der Waals surface area contributed by atoms with Gasteiger partial charge in [0.05, 0.1) is 0 Å².